The van der Waals surface area contributed by atoms with Crippen LogP contribution in [0.1, 0.15) is 25.5 Å². The van der Waals surface area contributed by atoms with E-state index in [-0.39, 0.29) is 34.7 Å². The van der Waals surface area contributed by atoms with E-state index in [2.05, 4.69) is 37.8 Å². The Kier molecular flexibility index (Phi) is 9.21. The van der Waals surface area contributed by atoms with E-state index in [1.165, 1.54) is 18.6 Å². The smallest absolute Gasteiger partial charge is 0.355 e. The molecule has 1 aromatic rings. The van der Waals surface area contributed by atoms with E-state index in [1.807, 2.05) is 11.8 Å². The van der Waals surface area contributed by atoms with E-state index in [9.17, 15) is 13.2 Å². The maximum atomic E-state index is 12.6. The molecule has 1 saturated heterocycles. The highest BCUT2D eigenvalue weighted by atomic mass is 127. The van der Waals surface area contributed by atoms with Crippen molar-refractivity contribution in [1.29, 1.82) is 0 Å². The minimum atomic E-state index is -4.47. The second-order valence-corrected chi connectivity index (χ2v) is 7.63. The fourth-order valence-electron chi connectivity index (χ4n) is 2.42. The van der Waals surface area contributed by atoms with Gasteiger partial charge in [-0.2, -0.15) is 24.9 Å². The van der Waals surface area contributed by atoms with E-state index in [1.54, 1.807) is 7.05 Å². The fourth-order valence-corrected chi connectivity index (χ4v) is 3.67. The molecule has 3 N–H and O–H groups in total. The van der Waals surface area contributed by atoms with Gasteiger partial charge in [-0.15, -0.1) is 24.0 Å². The van der Waals surface area contributed by atoms with Gasteiger partial charge in [-0.05, 0) is 31.6 Å². The van der Waals surface area contributed by atoms with Gasteiger partial charge in [-0.3, -0.25) is 4.99 Å². The minimum Gasteiger partial charge on any atom is -0.355 e. The first-order valence-electron chi connectivity index (χ1n) is 8.05. The molecule has 26 heavy (non-hydrogen) atoms. The number of guanidine groups is 1. The Labute approximate surface area is 172 Å². The first-order valence-corrected chi connectivity index (χ1v) is 9.03. The molecule has 2 heterocycles. The van der Waals surface area contributed by atoms with E-state index >= 15 is 0 Å². The Morgan fingerprint density at radius 2 is 2.12 bits per heavy atom. The zero-order valence-corrected chi connectivity index (χ0v) is 17.8. The van der Waals surface area contributed by atoms with Gasteiger partial charge in [0.05, 0.1) is 0 Å². The molecule has 1 aliphatic heterocycles. The highest BCUT2D eigenvalue weighted by Gasteiger charge is 2.32. The van der Waals surface area contributed by atoms with Gasteiger partial charge in [-0.25, -0.2) is 9.97 Å². The quantitative estimate of drug-likeness (QED) is 0.240. The van der Waals surface area contributed by atoms with E-state index in [0.29, 0.717) is 19.0 Å². The lowest BCUT2D eigenvalue weighted by Crippen LogP contribution is -2.44. The summed E-state index contributed by atoms with van der Waals surface area (Å²) in [7, 11) is 1.68. The molecular formula is C15H24F3IN6S. The van der Waals surface area contributed by atoms with Crippen LogP contribution in [0.3, 0.4) is 0 Å². The molecule has 0 aliphatic carbocycles. The van der Waals surface area contributed by atoms with Gasteiger partial charge in [0.2, 0.25) is 5.95 Å². The van der Waals surface area contributed by atoms with Crippen molar-refractivity contribution in [3.05, 3.63) is 18.0 Å². The fraction of sp³-hybridized carbons (Fsp3) is 0.667. The molecule has 2 rings (SSSR count). The van der Waals surface area contributed by atoms with Crippen LogP contribution in [0.2, 0.25) is 0 Å². The second kappa shape index (κ2) is 10.4. The lowest BCUT2D eigenvalue weighted by Gasteiger charge is -2.24. The normalized spacial score (nSPS) is 20.4. The average Bonchev–Trinajstić information content (AvgIpc) is 3.01. The van der Waals surface area contributed by atoms with Crippen molar-refractivity contribution in [2.75, 3.05) is 37.8 Å². The Hall–Kier alpha value is -0.980. The zero-order valence-electron chi connectivity index (χ0n) is 14.7. The highest BCUT2D eigenvalue weighted by Crippen LogP contribution is 2.36. The lowest BCUT2D eigenvalue weighted by molar-refractivity contribution is -0.141. The van der Waals surface area contributed by atoms with Crippen molar-refractivity contribution in [1.82, 2.24) is 20.6 Å². The standard InChI is InChI=1S/C15H23F3N6S.HI/c1-14(5-3-9-25-14)10-23-12(19-2)21-7-8-22-13-20-6-4-11(24-13)15(16,17)18;/h4,6H,3,5,7-10H2,1-2H3,(H2,19,21,23)(H,20,22,24);1H. The molecule has 0 saturated carbocycles. The van der Waals surface area contributed by atoms with Crippen molar-refractivity contribution in [3.63, 3.8) is 0 Å². The molecule has 0 bridgehead atoms. The van der Waals surface area contributed by atoms with Gasteiger partial charge >= 0.3 is 6.18 Å². The van der Waals surface area contributed by atoms with Crippen LogP contribution < -0.4 is 16.0 Å². The summed E-state index contributed by atoms with van der Waals surface area (Å²) in [5.74, 6) is 1.81. The summed E-state index contributed by atoms with van der Waals surface area (Å²) in [5.41, 5.74) is -0.960. The number of anilines is 1. The Morgan fingerprint density at radius 1 is 1.35 bits per heavy atom. The van der Waals surface area contributed by atoms with Crippen molar-refractivity contribution < 1.29 is 13.2 Å². The monoisotopic (exact) mass is 504 g/mol. The van der Waals surface area contributed by atoms with Crippen LogP contribution in [0.5, 0.6) is 0 Å². The van der Waals surface area contributed by atoms with Gasteiger partial charge in [0.25, 0.3) is 0 Å². The third-order valence-corrected chi connectivity index (χ3v) is 5.34. The van der Waals surface area contributed by atoms with Crippen LogP contribution in [0, 0.1) is 0 Å². The number of thioether (sulfide) groups is 1. The number of halogens is 4. The molecule has 148 valence electrons. The number of nitrogens with zero attached hydrogens (tertiary/aromatic N) is 3. The zero-order chi connectivity index (χ0) is 18.3. The molecule has 1 aliphatic rings. The molecule has 11 heteroatoms. The third kappa shape index (κ3) is 7.33. The number of aliphatic imine (C=N–C) groups is 1. The Balaban J connectivity index is 0.00000338. The number of aromatic nitrogens is 2. The topological polar surface area (TPSA) is 74.2 Å². The predicted molar refractivity (Wildman–Crippen MR) is 110 cm³/mol. The summed E-state index contributed by atoms with van der Waals surface area (Å²) in [5, 5.41) is 9.17. The summed E-state index contributed by atoms with van der Waals surface area (Å²) < 4.78 is 38.0. The predicted octanol–water partition coefficient (Wildman–Crippen LogP) is 2.98. The maximum Gasteiger partial charge on any atom is 0.433 e. The Bertz CT molecular complexity index is 593. The van der Waals surface area contributed by atoms with Crippen LogP contribution in [0.25, 0.3) is 0 Å². The molecule has 6 nitrogen and oxygen atoms in total. The molecule has 1 aromatic heterocycles. The van der Waals surface area contributed by atoms with Gasteiger partial charge in [0.1, 0.15) is 5.69 Å². The van der Waals surface area contributed by atoms with Crippen LogP contribution in [-0.2, 0) is 6.18 Å². The second-order valence-electron chi connectivity index (χ2n) is 5.94. The molecule has 1 unspecified atom stereocenters. The molecular weight excluding hydrogens is 480 g/mol. The molecule has 0 amide bonds. The molecule has 0 radical (unpaired) electrons. The van der Waals surface area contributed by atoms with Crippen LogP contribution >= 0.6 is 35.7 Å². The summed E-state index contributed by atoms with van der Waals surface area (Å²) in [6, 6.07) is 0.844. The van der Waals surface area contributed by atoms with Crippen LogP contribution in [-0.4, -0.2) is 53.1 Å². The van der Waals surface area contributed by atoms with Gasteiger partial charge in [0, 0.05) is 37.6 Å². The number of hydrogen-bond donors (Lipinski definition) is 3. The highest BCUT2D eigenvalue weighted by molar-refractivity contribution is 14.0. The molecule has 1 fully saturated rings. The van der Waals surface area contributed by atoms with E-state index < -0.39 is 11.9 Å². The van der Waals surface area contributed by atoms with Crippen molar-refractivity contribution in [2.24, 2.45) is 4.99 Å². The van der Waals surface area contributed by atoms with Crippen molar-refractivity contribution >= 4 is 47.6 Å². The Morgan fingerprint density at radius 3 is 2.73 bits per heavy atom. The SMILES string of the molecule is CN=C(NCCNc1nccc(C(F)(F)F)n1)NCC1(C)CCCS1.I. The number of hydrogen-bond acceptors (Lipinski definition) is 5. The van der Waals surface area contributed by atoms with Gasteiger partial charge in [-0.1, -0.05) is 0 Å². The lowest BCUT2D eigenvalue weighted by atomic mass is 10.1. The van der Waals surface area contributed by atoms with Gasteiger partial charge in [0.15, 0.2) is 5.96 Å². The summed E-state index contributed by atoms with van der Waals surface area (Å²) in [6.45, 7) is 3.90. The number of rotatable bonds is 6. The number of nitrogens with one attached hydrogen (secondary N) is 3. The minimum absolute atomic E-state index is 0. The van der Waals surface area contributed by atoms with Gasteiger partial charge < -0.3 is 16.0 Å². The van der Waals surface area contributed by atoms with Crippen LogP contribution in [0.15, 0.2) is 17.3 Å². The first kappa shape index (κ1) is 23.1. The molecule has 0 aromatic carbocycles. The average molecular weight is 504 g/mol. The first-order chi connectivity index (χ1) is 11.8. The maximum absolute atomic E-state index is 12.6. The van der Waals surface area contributed by atoms with E-state index in [0.717, 1.165) is 18.8 Å². The number of alkyl halides is 3. The summed E-state index contributed by atoms with van der Waals surface area (Å²) in [4.78, 5) is 11.4. The summed E-state index contributed by atoms with van der Waals surface area (Å²) in [6.07, 6.45) is -0.976. The third-order valence-electron chi connectivity index (χ3n) is 3.80. The summed E-state index contributed by atoms with van der Waals surface area (Å²) >= 11 is 1.96. The molecule has 0 spiro atoms. The van der Waals surface area contributed by atoms with Crippen molar-refractivity contribution in [2.45, 2.75) is 30.7 Å². The van der Waals surface area contributed by atoms with Crippen molar-refractivity contribution in [3.8, 4) is 0 Å². The largest absolute Gasteiger partial charge is 0.433 e. The molecule has 1 atom stereocenters. The van der Waals surface area contributed by atoms with Crippen LogP contribution in [0.4, 0.5) is 19.1 Å². The van der Waals surface area contributed by atoms with E-state index in [4.69, 9.17) is 0 Å².